The van der Waals surface area contributed by atoms with E-state index in [9.17, 15) is 13.2 Å². The van der Waals surface area contributed by atoms with Gasteiger partial charge in [0.05, 0.1) is 5.75 Å². The maximum absolute atomic E-state index is 12.4. The molecular weight excluding hydrogens is 290 g/mol. The van der Waals surface area contributed by atoms with Crippen molar-refractivity contribution in [1.82, 2.24) is 9.62 Å². The third-order valence-electron chi connectivity index (χ3n) is 3.86. The zero-order valence-electron chi connectivity index (χ0n) is 13.2. The molecule has 1 amide bonds. The van der Waals surface area contributed by atoms with Crippen molar-refractivity contribution >= 4 is 15.9 Å². The molecule has 6 nitrogen and oxygen atoms in total. The Morgan fingerprint density at radius 2 is 2.10 bits per heavy atom. The highest BCUT2D eigenvalue weighted by Gasteiger charge is 2.38. The molecule has 0 radical (unpaired) electrons. The van der Waals surface area contributed by atoms with Gasteiger partial charge in [-0.3, -0.25) is 4.79 Å². The third kappa shape index (κ3) is 5.23. The molecule has 0 aliphatic carbocycles. The Hall–Kier alpha value is -0.660. The summed E-state index contributed by atoms with van der Waals surface area (Å²) in [5, 5.41) is 2.92. The summed E-state index contributed by atoms with van der Waals surface area (Å²) in [6, 6.07) is -0.619. The molecule has 3 N–H and O–H groups in total. The van der Waals surface area contributed by atoms with Crippen molar-refractivity contribution in [2.45, 2.75) is 64.5 Å². The van der Waals surface area contributed by atoms with Crippen LogP contribution in [0.2, 0.25) is 0 Å². The second kappa shape index (κ2) is 8.70. The molecule has 0 bridgehead atoms. The van der Waals surface area contributed by atoms with E-state index in [1.807, 2.05) is 6.92 Å². The second-order valence-electron chi connectivity index (χ2n) is 5.67. The van der Waals surface area contributed by atoms with Crippen molar-refractivity contribution in [1.29, 1.82) is 0 Å². The van der Waals surface area contributed by atoms with Crippen molar-refractivity contribution in [3.8, 4) is 0 Å². The number of nitrogens with zero attached hydrogens (tertiary/aromatic N) is 1. The van der Waals surface area contributed by atoms with Crippen LogP contribution in [0.1, 0.15) is 52.4 Å². The fourth-order valence-electron chi connectivity index (χ4n) is 2.71. The number of amides is 1. The highest BCUT2D eigenvalue weighted by atomic mass is 32.2. The lowest BCUT2D eigenvalue weighted by atomic mass is 10.1. The molecule has 1 saturated heterocycles. The normalized spacial score (nSPS) is 21.4. The molecule has 1 rings (SSSR count). The maximum atomic E-state index is 12.4. The lowest BCUT2D eigenvalue weighted by Gasteiger charge is -2.25. The van der Waals surface area contributed by atoms with Crippen LogP contribution in [-0.2, 0) is 14.8 Å². The highest BCUT2D eigenvalue weighted by Crippen LogP contribution is 2.22. The van der Waals surface area contributed by atoms with E-state index in [2.05, 4.69) is 12.2 Å². The maximum Gasteiger partial charge on any atom is 0.238 e. The SMILES string of the molecule is CCCCC(CN)NC(=O)C1CCCN1S(=O)(=O)CCC. The molecule has 0 aromatic heterocycles. The number of carbonyl (C=O) groups is 1. The van der Waals surface area contributed by atoms with Crippen molar-refractivity contribution in [2.75, 3.05) is 18.8 Å². The molecular formula is C14H29N3O3S. The topological polar surface area (TPSA) is 92.5 Å². The van der Waals surface area contributed by atoms with Crippen molar-refractivity contribution in [2.24, 2.45) is 5.73 Å². The fourth-order valence-corrected chi connectivity index (χ4v) is 4.45. The average molecular weight is 319 g/mol. The Balaban J connectivity index is 2.67. The van der Waals surface area contributed by atoms with Crippen molar-refractivity contribution in [3.63, 3.8) is 0 Å². The zero-order chi connectivity index (χ0) is 15.9. The minimum atomic E-state index is -3.32. The Kier molecular flexibility index (Phi) is 7.62. The quantitative estimate of drug-likeness (QED) is 0.658. The van der Waals surface area contributed by atoms with E-state index >= 15 is 0 Å². The largest absolute Gasteiger partial charge is 0.351 e. The minimum Gasteiger partial charge on any atom is -0.351 e. The third-order valence-corrected chi connectivity index (χ3v) is 5.94. The molecule has 0 spiro atoms. The van der Waals surface area contributed by atoms with E-state index < -0.39 is 16.1 Å². The van der Waals surface area contributed by atoms with E-state index in [4.69, 9.17) is 5.73 Å². The van der Waals surface area contributed by atoms with Crippen LogP contribution in [0.5, 0.6) is 0 Å². The summed E-state index contributed by atoms with van der Waals surface area (Å²) in [4.78, 5) is 12.4. The predicted molar refractivity (Wildman–Crippen MR) is 84.3 cm³/mol. The first-order chi connectivity index (χ1) is 9.96. The summed E-state index contributed by atoms with van der Waals surface area (Å²) in [7, 11) is -3.32. The monoisotopic (exact) mass is 319 g/mol. The van der Waals surface area contributed by atoms with Gasteiger partial charge >= 0.3 is 0 Å². The molecule has 2 atom stereocenters. The smallest absolute Gasteiger partial charge is 0.238 e. The molecule has 7 heteroatoms. The molecule has 124 valence electrons. The van der Waals surface area contributed by atoms with Crippen LogP contribution in [0, 0.1) is 0 Å². The Morgan fingerprint density at radius 1 is 1.38 bits per heavy atom. The Morgan fingerprint density at radius 3 is 2.67 bits per heavy atom. The van der Waals surface area contributed by atoms with Gasteiger partial charge in [0.1, 0.15) is 6.04 Å². The minimum absolute atomic E-state index is 0.0613. The van der Waals surface area contributed by atoms with Crippen LogP contribution >= 0.6 is 0 Å². The second-order valence-corrected chi connectivity index (χ2v) is 7.71. The van der Waals surface area contributed by atoms with Gasteiger partial charge in [0, 0.05) is 19.1 Å². The van der Waals surface area contributed by atoms with E-state index in [1.165, 1.54) is 4.31 Å². The Bertz CT molecular complexity index is 425. The van der Waals surface area contributed by atoms with Crippen molar-refractivity contribution in [3.05, 3.63) is 0 Å². The van der Waals surface area contributed by atoms with Crippen LogP contribution in [0.3, 0.4) is 0 Å². The average Bonchev–Trinajstić information content (AvgIpc) is 2.93. The van der Waals surface area contributed by atoms with E-state index in [1.54, 1.807) is 0 Å². The van der Waals surface area contributed by atoms with Crippen molar-refractivity contribution < 1.29 is 13.2 Å². The number of nitrogens with one attached hydrogen (secondary N) is 1. The van der Waals surface area contributed by atoms with Crippen LogP contribution < -0.4 is 11.1 Å². The molecule has 21 heavy (non-hydrogen) atoms. The molecule has 0 aromatic rings. The summed E-state index contributed by atoms with van der Waals surface area (Å²) in [6.45, 7) is 4.76. The molecule has 1 aliphatic rings. The van der Waals surface area contributed by atoms with Crippen LogP contribution in [0.25, 0.3) is 0 Å². The Labute approximate surface area is 128 Å². The fraction of sp³-hybridized carbons (Fsp3) is 0.929. The summed E-state index contributed by atoms with van der Waals surface area (Å²) in [6.07, 6.45) is 4.79. The first-order valence-corrected chi connectivity index (χ1v) is 9.57. The summed E-state index contributed by atoms with van der Waals surface area (Å²) in [5.41, 5.74) is 5.68. The van der Waals surface area contributed by atoms with Gasteiger partial charge in [-0.1, -0.05) is 26.7 Å². The number of carbonyl (C=O) groups excluding carboxylic acids is 1. The van der Waals surface area contributed by atoms with Crippen LogP contribution in [-0.4, -0.2) is 49.6 Å². The number of hydrogen-bond acceptors (Lipinski definition) is 4. The predicted octanol–water partition coefficient (Wildman–Crippen LogP) is 0.824. The zero-order valence-corrected chi connectivity index (χ0v) is 14.0. The van der Waals surface area contributed by atoms with Gasteiger partial charge in [-0.2, -0.15) is 4.31 Å². The van der Waals surface area contributed by atoms with Gasteiger partial charge in [-0.05, 0) is 25.7 Å². The molecule has 2 unspecified atom stereocenters. The first-order valence-electron chi connectivity index (χ1n) is 7.96. The standard InChI is InChI=1S/C14H29N3O3S/c1-3-5-7-12(11-15)16-14(18)13-8-6-9-17(13)21(19,20)10-4-2/h12-13H,3-11,15H2,1-2H3,(H,16,18). The van der Waals surface area contributed by atoms with Crippen LogP contribution in [0.4, 0.5) is 0 Å². The molecule has 1 fully saturated rings. The number of hydrogen-bond donors (Lipinski definition) is 2. The molecule has 1 aliphatic heterocycles. The van der Waals surface area contributed by atoms with Gasteiger partial charge in [0.15, 0.2) is 0 Å². The highest BCUT2D eigenvalue weighted by molar-refractivity contribution is 7.89. The van der Waals surface area contributed by atoms with E-state index in [0.29, 0.717) is 25.9 Å². The van der Waals surface area contributed by atoms with Gasteiger partial charge in [0.2, 0.25) is 15.9 Å². The molecule has 1 heterocycles. The molecule has 0 saturated carbocycles. The van der Waals surface area contributed by atoms with E-state index in [0.717, 1.165) is 25.7 Å². The van der Waals surface area contributed by atoms with Gasteiger partial charge in [-0.25, -0.2) is 8.42 Å². The molecule has 0 aromatic carbocycles. The van der Waals surface area contributed by atoms with Gasteiger partial charge < -0.3 is 11.1 Å². The first kappa shape index (κ1) is 18.4. The lowest BCUT2D eigenvalue weighted by Crippen LogP contribution is -2.50. The summed E-state index contributed by atoms with van der Waals surface area (Å²) < 4.78 is 25.8. The number of nitrogens with two attached hydrogens (primary N) is 1. The lowest BCUT2D eigenvalue weighted by molar-refractivity contribution is -0.124. The van der Waals surface area contributed by atoms with Gasteiger partial charge in [0.25, 0.3) is 0 Å². The number of sulfonamides is 1. The number of rotatable bonds is 9. The number of unbranched alkanes of at least 4 members (excludes halogenated alkanes) is 1. The van der Waals surface area contributed by atoms with Gasteiger partial charge in [-0.15, -0.1) is 0 Å². The summed E-state index contributed by atoms with van der Waals surface area (Å²) >= 11 is 0. The van der Waals surface area contributed by atoms with E-state index in [-0.39, 0.29) is 17.7 Å². The summed E-state index contributed by atoms with van der Waals surface area (Å²) in [5.74, 6) is -0.0915. The van der Waals surface area contributed by atoms with Crippen LogP contribution in [0.15, 0.2) is 0 Å².